The molecular formula is C31H27F4N3O6S. The number of halogens is 4. The van der Waals surface area contributed by atoms with Gasteiger partial charge in [-0.05, 0) is 49.6 Å². The Morgan fingerprint density at radius 1 is 0.911 bits per heavy atom. The van der Waals surface area contributed by atoms with E-state index in [4.69, 9.17) is 9.47 Å². The number of alkyl halides is 4. The lowest BCUT2D eigenvalue weighted by Gasteiger charge is -2.19. The monoisotopic (exact) mass is 645 g/mol. The standard InChI is InChI=1S/C31H27F4N3O6S/c1-17-7-10-20(11-8-17)45(41,42)37-31(40)36-14-13-19-9-12-24(18(2)15-19)38-16-23-25(28(38)39)27(44-30(34)35)22-6-4-3-5-21(22)26(23)43-29(32)33/h3-12,15,29-30H,13-14,16H2,1-2H3,(H2,36,37,40). The van der Waals surface area contributed by atoms with E-state index in [-0.39, 0.29) is 45.6 Å². The molecule has 1 aliphatic rings. The zero-order valence-electron chi connectivity index (χ0n) is 23.9. The predicted molar refractivity (Wildman–Crippen MR) is 158 cm³/mol. The highest BCUT2D eigenvalue weighted by Gasteiger charge is 2.38. The summed E-state index contributed by atoms with van der Waals surface area (Å²) in [6, 6.07) is 15.9. The van der Waals surface area contributed by atoms with Crippen molar-refractivity contribution in [2.75, 3.05) is 11.4 Å². The van der Waals surface area contributed by atoms with E-state index in [1.165, 1.54) is 41.3 Å². The maximum Gasteiger partial charge on any atom is 0.387 e. The summed E-state index contributed by atoms with van der Waals surface area (Å²) in [5, 5.41) is 2.61. The van der Waals surface area contributed by atoms with Crippen molar-refractivity contribution >= 4 is 38.4 Å². The van der Waals surface area contributed by atoms with Crippen LogP contribution >= 0.6 is 0 Å². The highest BCUT2D eigenvalue weighted by molar-refractivity contribution is 7.90. The van der Waals surface area contributed by atoms with E-state index in [1.54, 1.807) is 44.2 Å². The Hall–Kier alpha value is -4.85. The minimum Gasteiger partial charge on any atom is -0.434 e. The third-order valence-corrected chi connectivity index (χ3v) is 8.56. The summed E-state index contributed by atoms with van der Waals surface area (Å²) in [7, 11) is -4.05. The van der Waals surface area contributed by atoms with Crippen molar-refractivity contribution in [1.29, 1.82) is 0 Å². The van der Waals surface area contributed by atoms with Crippen LogP contribution in [0.5, 0.6) is 11.5 Å². The molecule has 0 spiro atoms. The predicted octanol–water partition coefficient (Wildman–Crippen LogP) is 6.05. The zero-order valence-corrected chi connectivity index (χ0v) is 24.8. The molecule has 2 N–H and O–H groups in total. The third-order valence-electron chi connectivity index (χ3n) is 7.22. The van der Waals surface area contributed by atoms with Crippen molar-refractivity contribution < 1.29 is 45.0 Å². The molecule has 236 valence electrons. The molecular weight excluding hydrogens is 618 g/mol. The summed E-state index contributed by atoms with van der Waals surface area (Å²) in [6.45, 7) is -3.16. The van der Waals surface area contributed by atoms with Gasteiger partial charge in [-0.1, -0.05) is 54.1 Å². The number of nitrogens with zero attached hydrogens (tertiary/aromatic N) is 1. The summed E-state index contributed by atoms with van der Waals surface area (Å²) < 4.78 is 90.2. The number of nitrogens with one attached hydrogen (secondary N) is 2. The van der Waals surface area contributed by atoms with E-state index in [1.807, 2.05) is 4.72 Å². The highest BCUT2D eigenvalue weighted by atomic mass is 32.2. The van der Waals surface area contributed by atoms with Crippen molar-refractivity contribution in [3.8, 4) is 11.5 Å². The molecule has 4 aromatic carbocycles. The van der Waals surface area contributed by atoms with Crippen LogP contribution in [0.3, 0.4) is 0 Å². The van der Waals surface area contributed by atoms with Crippen LogP contribution in [-0.2, 0) is 23.0 Å². The van der Waals surface area contributed by atoms with Crippen LogP contribution < -0.4 is 24.4 Å². The van der Waals surface area contributed by atoms with Crippen molar-refractivity contribution in [2.24, 2.45) is 0 Å². The maximum absolute atomic E-state index is 13.7. The Labute approximate surface area is 255 Å². The molecule has 0 saturated carbocycles. The van der Waals surface area contributed by atoms with Gasteiger partial charge in [-0.2, -0.15) is 17.6 Å². The fourth-order valence-electron chi connectivity index (χ4n) is 5.23. The lowest BCUT2D eigenvalue weighted by Crippen LogP contribution is -2.40. The van der Waals surface area contributed by atoms with Gasteiger partial charge in [0.05, 0.1) is 17.0 Å². The number of anilines is 1. The Morgan fingerprint density at radius 3 is 2.16 bits per heavy atom. The summed E-state index contributed by atoms with van der Waals surface area (Å²) in [5.41, 5.74) is 2.29. The number of amides is 3. The molecule has 4 aromatic rings. The van der Waals surface area contributed by atoms with Crippen molar-refractivity contribution in [3.63, 3.8) is 0 Å². The highest BCUT2D eigenvalue weighted by Crippen LogP contribution is 2.47. The third kappa shape index (κ3) is 6.65. The molecule has 14 heteroatoms. The van der Waals surface area contributed by atoms with Crippen LogP contribution in [0.1, 0.15) is 32.6 Å². The average Bonchev–Trinajstić information content (AvgIpc) is 3.31. The van der Waals surface area contributed by atoms with Crippen LogP contribution in [0.15, 0.2) is 71.6 Å². The largest absolute Gasteiger partial charge is 0.434 e. The topological polar surface area (TPSA) is 114 Å². The first-order chi connectivity index (χ1) is 21.4. The number of sulfonamides is 1. The molecule has 3 amide bonds. The van der Waals surface area contributed by atoms with Gasteiger partial charge in [0.2, 0.25) is 0 Å². The van der Waals surface area contributed by atoms with E-state index in [0.29, 0.717) is 17.7 Å². The number of aryl methyl sites for hydroxylation is 2. The van der Waals surface area contributed by atoms with E-state index in [0.717, 1.165) is 11.1 Å². The zero-order chi connectivity index (χ0) is 32.5. The summed E-state index contributed by atoms with van der Waals surface area (Å²) in [4.78, 5) is 27.1. The number of carbonyl (C=O) groups excluding carboxylic acids is 2. The quantitative estimate of drug-likeness (QED) is 0.203. The van der Waals surface area contributed by atoms with E-state index >= 15 is 0 Å². The summed E-state index contributed by atoms with van der Waals surface area (Å²) in [5.74, 6) is -1.45. The first-order valence-corrected chi connectivity index (χ1v) is 15.1. The number of rotatable bonds is 10. The van der Waals surface area contributed by atoms with Crippen LogP contribution in [0.2, 0.25) is 0 Å². The van der Waals surface area contributed by atoms with Gasteiger partial charge < -0.3 is 19.7 Å². The minimum atomic E-state index is -4.05. The van der Waals surface area contributed by atoms with Gasteiger partial charge in [0.1, 0.15) is 11.5 Å². The van der Waals surface area contributed by atoms with Crippen molar-refractivity contribution in [2.45, 2.75) is 44.9 Å². The van der Waals surface area contributed by atoms with Crippen LogP contribution in [0.25, 0.3) is 10.8 Å². The lowest BCUT2D eigenvalue weighted by molar-refractivity contribution is -0.0519. The lowest BCUT2D eigenvalue weighted by atomic mass is 9.99. The molecule has 0 bridgehead atoms. The van der Waals surface area contributed by atoms with Crippen molar-refractivity contribution in [3.05, 3.63) is 94.5 Å². The van der Waals surface area contributed by atoms with Gasteiger partial charge in [0.25, 0.3) is 15.9 Å². The molecule has 0 unspecified atom stereocenters. The number of hydrogen-bond donors (Lipinski definition) is 2. The molecule has 5 rings (SSSR count). The number of ether oxygens (including phenoxy) is 2. The number of hydrogen-bond acceptors (Lipinski definition) is 6. The first-order valence-electron chi connectivity index (χ1n) is 13.6. The average molecular weight is 646 g/mol. The van der Waals surface area contributed by atoms with Gasteiger partial charge in [-0.3, -0.25) is 4.79 Å². The van der Waals surface area contributed by atoms with Crippen LogP contribution in [0.4, 0.5) is 28.0 Å². The smallest absolute Gasteiger partial charge is 0.387 e. The normalized spacial score (nSPS) is 13.0. The van der Waals surface area contributed by atoms with Gasteiger partial charge >= 0.3 is 19.3 Å². The Balaban J connectivity index is 1.33. The fraction of sp³-hybridized carbons (Fsp3) is 0.226. The van der Waals surface area contributed by atoms with Crippen LogP contribution in [0, 0.1) is 13.8 Å². The molecule has 0 aromatic heterocycles. The Bertz CT molecular complexity index is 1890. The molecule has 0 radical (unpaired) electrons. The number of urea groups is 1. The molecule has 0 aliphatic carbocycles. The second kappa shape index (κ2) is 12.6. The maximum atomic E-state index is 13.7. The number of carbonyl (C=O) groups is 2. The Morgan fingerprint density at radius 2 is 1.53 bits per heavy atom. The van der Waals surface area contributed by atoms with Crippen LogP contribution in [-0.4, -0.2) is 40.1 Å². The second-order valence-corrected chi connectivity index (χ2v) is 11.9. The summed E-state index contributed by atoms with van der Waals surface area (Å²) in [6.07, 6.45) is 0.303. The van der Waals surface area contributed by atoms with Gasteiger partial charge in [0, 0.05) is 28.6 Å². The first kappa shape index (κ1) is 31.6. The summed E-state index contributed by atoms with van der Waals surface area (Å²) >= 11 is 0. The fourth-order valence-corrected chi connectivity index (χ4v) is 6.16. The van der Waals surface area contributed by atoms with E-state index in [2.05, 4.69) is 5.32 Å². The van der Waals surface area contributed by atoms with Crippen molar-refractivity contribution in [1.82, 2.24) is 10.0 Å². The van der Waals surface area contributed by atoms with Gasteiger partial charge in [-0.25, -0.2) is 17.9 Å². The molecule has 45 heavy (non-hydrogen) atoms. The number of fused-ring (bicyclic) bond motifs is 2. The molecule has 0 atom stereocenters. The number of benzene rings is 4. The Kier molecular flexibility index (Phi) is 8.87. The minimum absolute atomic E-state index is 0.00562. The molecule has 1 heterocycles. The van der Waals surface area contributed by atoms with Gasteiger partial charge in [-0.15, -0.1) is 0 Å². The SMILES string of the molecule is Cc1ccc(S(=O)(=O)NC(=O)NCCc2ccc(N3Cc4c(c(OC(F)F)c5ccccc5c4OC(F)F)C3=O)c(C)c2)cc1. The molecule has 0 fully saturated rings. The molecule has 0 saturated heterocycles. The molecule has 9 nitrogen and oxygen atoms in total. The van der Waals surface area contributed by atoms with E-state index < -0.39 is 40.9 Å². The molecule has 1 aliphatic heterocycles. The second-order valence-electron chi connectivity index (χ2n) is 10.3. The van der Waals surface area contributed by atoms with Gasteiger partial charge in [0.15, 0.2) is 0 Å². The van der Waals surface area contributed by atoms with E-state index in [9.17, 15) is 35.6 Å².